The molecule has 1 aliphatic rings. The first-order chi connectivity index (χ1) is 16.3. The molecule has 2 aromatic carbocycles. The van der Waals surface area contributed by atoms with Gasteiger partial charge in [-0.15, -0.1) is 4.57 Å². The lowest BCUT2D eigenvalue weighted by atomic mass is 10.2. The van der Waals surface area contributed by atoms with E-state index in [1.165, 1.54) is 9.47 Å². The van der Waals surface area contributed by atoms with Crippen LogP contribution in [0.4, 0.5) is 5.69 Å². The van der Waals surface area contributed by atoms with Crippen LogP contribution in [-0.2, 0) is 26.1 Å². The van der Waals surface area contributed by atoms with Crippen molar-refractivity contribution in [3.05, 3.63) is 68.8 Å². The molecule has 0 aliphatic carbocycles. The molecule has 2 N–H and O–H groups in total. The van der Waals surface area contributed by atoms with E-state index in [1.54, 1.807) is 48.6 Å². The molecule has 14 heteroatoms. The number of nitrogens with zero attached hydrogens (tertiary/aromatic N) is 2. The molecular formula is C21H19Br2N2O8S2+. The molecule has 2 heterocycles. The maximum Gasteiger partial charge on any atom is 0.375 e. The number of allylic oxidation sites excluding steroid dienone is 2. The van der Waals surface area contributed by atoms with Crippen LogP contribution in [0, 0.1) is 0 Å². The molecule has 0 spiro atoms. The van der Waals surface area contributed by atoms with Gasteiger partial charge in [0.05, 0.1) is 11.8 Å². The summed E-state index contributed by atoms with van der Waals surface area (Å²) in [6.45, 7) is 1.83. The summed E-state index contributed by atoms with van der Waals surface area (Å²) >= 11 is 6.68. The predicted octanol–water partition coefficient (Wildman–Crippen LogP) is 4.47. The van der Waals surface area contributed by atoms with Crippen LogP contribution >= 0.6 is 31.9 Å². The van der Waals surface area contributed by atoms with E-state index < -0.39 is 32.0 Å². The van der Waals surface area contributed by atoms with E-state index in [2.05, 4.69) is 31.9 Å². The number of halogens is 2. The van der Waals surface area contributed by atoms with Gasteiger partial charge < -0.3 is 9.15 Å². The van der Waals surface area contributed by atoms with Crippen LogP contribution in [0.2, 0.25) is 0 Å². The van der Waals surface area contributed by atoms with Gasteiger partial charge in [-0.2, -0.15) is 16.8 Å². The van der Waals surface area contributed by atoms with Crippen LogP contribution < -0.4 is 14.2 Å². The van der Waals surface area contributed by atoms with Crippen LogP contribution in [0.25, 0.3) is 17.2 Å². The maximum atomic E-state index is 11.7. The molecule has 3 aromatic rings. The van der Waals surface area contributed by atoms with E-state index in [4.69, 9.17) is 9.15 Å². The third-order valence-electron chi connectivity index (χ3n) is 5.00. The SMILES string of the molecule is CCC(=Cc1oc2ccc(Br)cc2[n+]1CS(=O)(=O)O)C=C1Oc2ccc(Br)cc2N1CS(=O)(=O)O. The fourth-order valence-electron chi connectivity index (χ4n) is 3.52. The normalized spacial score (nSPS) is 15.6. The van der Waals surface area contributed by atoms with Gasteiger partial charge in [-0.05, 0) is 42.3 Å². The largest absolute Gasteiger partial charge is 0.439 e. The Kier molecular flexibility index (Phi) is 7.14. The average Bonchev–Trinajstić information content (AvgIpc) is 3.23. The Labute approximate surface area is 218 Å². The van der Waals surface area contributed by atoms with Gasteiger partial charge in [0.15, 0.2) is 11.6 Å². The highest BCUT2D eigenvalue weighted by Crippen LogP contribution is 2.41. The van der Waals surface area contributed by atoms with Crippen LogP contribution in [0.3, 0.4) is 0 Å². The maximum absolute atomic E-state index is 11.7. The lowest BCUT2D eigenvalue weighted by molar-refractivity contribution is -0.658. The van der Waals surface area contributed by atoms with Crippen molar-refractivity contribution in [2.24, 2.45) is 0 Å². The van der Waals surface area contributed by atoms with Crippen molar-refractivity contribution in [2.45, 2.75) is 19.2 Å². The second kappa shape index (κ2) is 9.67. The zero-order valence-electron chi connectivity index (χ0n) is 18.1. The molecule has 1 aromatic heterocycles. The van der Waals surface area contributed by atoms with Crippen LogP contribution in [0.5, 0.6) is 5.75 Å². The van der Waals surface area contributed by atoms with Gasteiger partial charge in [0.25, 0.3) is 21.5 Å². The minimum Gasteiger partial charge on any atom is -0.439 e. The Morgan fingerprint density at radius 2 is 1.74 bits per heavy atom. The van der Waals surface area contributed by atoms with E-state index in [9.17, 15) is 25.9 Å². The Morgan fingerprint density at radius 1 is 1.06 bits per heavy atom. The summed E-state index contributed by atoms with van der Waals surface area (Å²) in [6.07, 6.45) is 3.57. The number of ether oxygens (including phenoxy) is 1. The first kappa shape index (κ1) is 25.9. The standard InChI is InChI=1S/C21H18Br2N2O8S2/c1-2-13(7-20-24(11-34(26,27)28)16-9-14(22)3-5-18(16)32-20)8-21-25(12-35(29,30)31)17-10-15(23)4-6-19(17)33-21/h3-10H,2,11-12H2,1H3,(H-,26,27,28,29,30,31)/p+1. The number of fused-ring (bicyclic) bond motifs is 2. The fraction of sp³-hybridized carbons (Fsp3) is 0.190. The molecule has 0 bridgehead atoms. The first-order valence-electron chi connectivity index (χ1n) is 10.0. The van der Waals surface area contributed by atoms with Gasteiger partial charge in [0.1, 0.15) is 0 Å². The molecule has 0 saturated carbocycles. The topological polar surface area (TPSA) is 138 Å². The third kappa shape index (κ3) is 6.13. The second-order valence-corrected chi connectivity index (χ2v) is 12.3. The zero-order chi connectivity index (χ0) is 25.5. The minimum atomic E-state index is -4.40. The first-order valence-corrected chi connectivity index (χ1v) is 14.8. The van der Waals surface area contributed by atoms with E-state index in [0.717, 1.165) is 0 Å². The molecule has 4 rings (SSSR count). The Morgan fingerprint density at radius 3 is 2.40 bits per heavy atom. The Balaban J connectivity index is 1.83. The van der Waals surface area contributed by atoms with Gasteiger partial charge in [-0.3, -0.25) is 14.0 Å². The second-order valence-electron chi connectivity index (χ2n) is 7.60. The van der Waals surface area contributed by atoms with Gasteiger partial charge in [-0.1, -0.05) is 38.8 Å². The summed E-state index contributed by atoms with van der Waals surface area (Å²) < 4.78 is 80.1. The highest BCUT2D eigenvalue weighted by Gasteiger charge is 2.31. The third-order valence-corrected chi connectivity index (χ3v) is 7.15. The van der Waals surface area contributed by atoms with Crippen LogP contribution in [0.1, 0.15) is 19.2 Å². The van der Waals surface area contributed by atoms with Gasteiger partial charge >= 0.3 is 16.0 Å². The van der Waals surface area contributed by atoms with Gasteiger partial charge in [0, 0.05) is 21.1 Å². The smallest absolute Gasteiger partial charge is 0.375 e. The van der Waals surface area contributed by atoms with Crippen molar-refractivity contribution in [1.29, 1.82) is 0 Å². The summed E-state index contributed by atoms with van der Waals surface area (Å²) in [5.41, 5.74) is 1.87. The minimum absolute atomic E-state index is 0.143. The average molecular weight is 651 g/mol. The van der Waals surface area contributed by atoms with E-state index in [1.807, 2.05) is 6.92 Å². The van der Waals surface area contributed by atoms with Gasteiger partial charge in [0.2, 0.25) is 11.5 Å². The molecule has 0 radical (unpaired) electrons. The predicted molar refractivity (Wildman–Crippen MR) is 136 cm³/mol. The number of hydrogen-bond donors (Lipinski definition) is 2. The highest BCUT2D eigenvalue weighted by atomic mass is 79.9. The molecule has 1 aliphatic heterocycles. The van der Waals surface area contributed by atoms with Crippen molar-refractivity contribution in [2.75, 3.05) is 10.8 Å². The summed E-state index contributed by atoms with van der Waals surface area (Å²) in [7, 11) is -8.79. The number of hydrogen-bond acceptors (Lipinski definition) is 7. The van der Waals surface area contributed by atoms with Crippen molar-refractivity contribution in [1.82, 2.24) is 0 Å². The lowest BCUT2D eigenvalue weighted by Gasteiger charge is -2.16. The van der Waals surface area contributed by atoms with Crippen LogP contribution in [0.15, 0.2) is 67.3 Å². The van der Waals surface area contributed by atoms with Crippen molar-refractivity contribution >= 4 is 75.0 Å². The number of aromatic nitrogens is 1. The van der Waals surface area contributed by atoms with Crippen molar-refractivity contribution in [3.8, 4) is 5.75 Å². The molecule has 0 atom stereocenters. The Bertz CT molecular complexity index is 1590. The quantitative estimate of drug-likeness (QED) is 0.280. The molecule has 35 heavy (non-hydrogen) atoms. The molecule has 186 valence electrons. The molecule has 10 nitrogen and oxygen atoms in total. The van der Waals surface area contributed by atoms with E-state index in [-0.39, 0.29) is 11.8 Å². The molecule has 0 unspecified atom stereocenters. The number of oxazole rings is 1. The Hall–Kier alpha value is -2.23. The van der Waals surface area contributed by atoms with Crippen LogP contribution in [-0.4, -0.2) is 31.8 Å². The molecule has 0 amide bonds. The number of rotatable bonds is 7. The summed E-state index contributed by atoms with van der Waals surface area (Å²) in [5.74, 6) is -0.789. The molecule has 0 fully saturated rings. The van der Waals surface area contributed by atoms with Crippen molar-refractivity contribution < 1.29 is 39.7 Å². The number of anilines is 1. The summed E-state index contributed by atoms with van der Waals surface area (Å²) in [5, 5.41) is 0. The van der Waals surface area contributed by atoms with E-state index >= 15 is 0 Å². The fourth-order valence-corrected chi connectivity index (χ4v) is 5.40. The molecule has 0 saturated heterocycles. The summed E-state index contributed by atoms with van der Waals surface area (Å²) in [4.78, 5) is 1.31. The monoisotopic (exact) mass is 649 g/mol. The highest BCUT2D eigenvalue weighted by molar-refractivity contribution is 9.10. The summed E-state index contributed by atoms with van der Waals surface area (Å²) in [6, 6.07) is 10.1. The van der Waals surface area contributed by atoms with Gasteiger partial charge in [-0.25, -0.2) is 0 Å². The van der Waals surface area contributed by atoms with E-state index in [0.29, 0.717) is 43.5 Å². The molecular weight excluding hydrogens is 632 g/mol. The zero-order valence-corrected chi connectivity index (χ0v) is 22.9. The number of benzene rings is 2. The van der Waals surface area contributed by atoms with Crippen molar-refractivity contribution in [3.63, 3.8) is 0 Å². The lowest BCUT2D eigenvalue weighted by Crippen LogP contribution is -2.39.